The summed E-state index contributed by atoms with van der Waals surface area (Å²) < 4.78 is 7.94. The molecule has 4 nitrogen and oxygen atoms in total. The highest BCUT2D eigenvalue weighted by Crippen LogP contribution is 2.29. The fourth-order valence-electron chi connectivity index (χ4n) is 2.53. The fourth-order valence-corrected chi connectivity index (χ4v) is 2.53. The number of nitrogens with zero attached hydrogens (tertiary/aromatic N) is 2. The highest BCUT2D eigenvalue weighted by molar-refractivity contribution is 5.85. The number of ether oxygens (including phenoxy) is 1. The van der Waals surface area contributed by atoms with E-state index in [-0.39, 0.29) is 24.6 Å². The van der Waals surface area contributed by atoms with Crippen molar-refractivity contribution in [2.45, 2.75) is 44.4 Å². The summed E-state index contributed by atoms with van der Waals surface area (Å²) in [5, 5.41) is 0. The van der Waals surface area contributed by atoms with Gasteiger partial charge in [0.15, 0.2) is 0 Å². The lowest BCUT2D eigenvalue weighted by Gasteiger charge is -2.23. The molecule has 5 heteroatoms. The topological polar surface area (TPSA) is 53.1 Å². The molecule has 0 aliphatic carbocycles. The van der Waals surface area contributed by atoms with Crippen LogP contribution in [0.4, 0.5) is 0 Å². The number of hydrogen-bond acceptors (Lipinski definition) is 3. The number of fused-ring (bicyclic) bond motifs is 1. The molecule has 1 fully saturated rings. The van der Waals surface area contributed by atoms with Crippen LogP contribution >= 0.6 is 12.4 Å². The quantitative estimate of drug-likeness (QED) is 0.812. The number of halogens is 1. The van der Waals surface area contributed by atoms with Gasteiger partial charge in [0.05, 0.1) is 0 Å². The van der Waals surface area contributed by atoms with Gasteiger partial charge in [0, 0.05) is 31.1 Å². The molecule has 0 spiro atoms. The molecule has 0 radical (unpaired) electrons. The lowest BCUT2D eigenvalue weighted by Crippen LogP contribution is -2.32. The summed E-state index contributed by atoms with van der Waals surface area (Å²) in [4.78, 5) is 4.50. The lowest BCUT2D eigenvalue weighted by atomic mass is 10.1. The first-order chi connectivity index (χ1) is 7.34. The van der Waals surface area contributed by atoms with Gasteiger partial charge >= 0.3 is 0 Å². The van der Waals surface area contributed by atoms with Crippen LogP contribution < -0.4 is 5.73 Å². The van der Waals surface area contributed by atoms with E-state index in [2.05, 4.69) is 9.55 Å². The van der Waals surface area contributed by atoms with Crippen LogP contribution in [0.2, 0.25) is 0 Å². The summed E-state index contributed by atoms with van der Waals surface area (Å²) in [6, 6.07) is 0.284. The lowest BCUT2D eigenvalue weighted by molar-refractivity contribution is 0.101. The Morgan fingerprint density at radius 1 is 1.44 bits per heavy atom. The zero-order chi connectivity index (χ0) is 10.3. The molecule has 2 aliphatic rings. The minimum absolute atomic E-state index is 0. The van der Waals surface area contributed by atoms with Crippen LogP contribution in [0.1, 0.15) is 36.9 Å². The van der Waals surface area contributed by atoms with Gasteiger partial charge in [-0.3, -0.25) is 0 Å². The van der Waals surface area contributed by atoms with E-state index >= 15 is 0 Å². The van der Waals surface area contributed by atoms with Crippen LogP contribution in [0.5, 0.6) is 0 Å². The molecule has 90 valence electrons. The van der Waals surface area contributed by atoms with Gasteiger partial charge in [-0.15, -0.1) is 12.4 Å². The molecule has 2 unspecified atom stereocenters. The van der Waals surface area contributed by atoms with E-state index in [4.69, 9.17) is 10.5 Å². The van der Waals surface area contributed by atoms with Crippen molar-refractivity contribution in [1.82, 2.24) is 9.55 Å². The van der Waals surface area contributed by atoms with Gasteiger partial charge in [-0.1, -0.05) is 0 Å². The summed E-state index contributed by atoms with van der Waals surface area (Å²) in [6.07, 6.45) is 6.59. The molecule has 2 N–H and O–H groups in total. The standard InChI is InChI=1S/C11H17N3O.ClH/c12-8-3-4-9-6-13-11(14(9)7-8)10-2-1-5-15-10;/h6,8,10H,1-5,7,12H2;1H. The maximum absolute atomic E-state index is 5.99. The normalized spacial score (nSPS) is 28.6. The van der Waals surface area contributed by atoms with Crippen molar-refractivity contribution < 1.29 is 4.74 Å². The summed E-state index contributed by atoms with van der Waals surface area (Å²) in [5.74, 6) is 1.10. The van der Waals surface area contributed by atoms with Crippen molar-refractivity contribution in [3.8, 4) is 0 Å². The first kappa shape index (κ1) is 11.9. The third-order valence-electron chi connectivity index (χ3n) is 3.38. The number of rotatable bonds is 1. The second-order valence-electron chi connectivity index (χ2n) is 4.52. The molecule has 3 heterocycles. The van der Waals surface area contributed by atoms with Crippen LogP contribution in [0.15, 0.2) is 6.20 Å². The molecule has 0 saturated carbocycles. The largest absolute Gasteiger partial charge is 0.370 e. The molecule has 1 saturated heterocycles. The Morgan fingerprint density at radius 2 is 2.31 bits per heavy atom. The molecule has 2 atom stereocenters. The van der Waals surface area contributed by atoms with Crippen LogP contribution in [-0.4, -0.2) is 22.2 Å². The Bertz CT molecular complexity index is 360. The molecule has 1 aromatic heterocycles. The maximum Gasteiger partial charge on any atom is 0.138 e. The molecule has 16 heavy (non-hydrogen) atoms. The third kappa shape index (κ3) is 1.97. The van der Waals surface area contributed by atoms with Gasteiger partial charge in [0.25, 0.3) is 0 Å². The predicted molar refractivity (Wildman–Crippen MR) is 63.7 cm³/mol. The minimum atomic E-state index is 0. The molecule has 2 aliphatic heterocycles. The number of imidazole rings is 1. The van der Waals surface area contributed by atoms with Gasteiger partial charge in [-0.05, 0) is 25.7 Å². The van der Waals surface area contributed by atoms with E-state index in [0.717, 1.165) is 44.7 Å². The van der Waals surface area contributed by atoms with Crippen LogP contribution in [0.3, 0.4) is 0 Å². The third-order valence-corrected chi connectivity index (χ3v) is 3.38. The van der Waals surface area contributed by atoms with Gasteiger partial charge in [-0.2, -0.15) is 0 Å². The smallest absolute Gasteiger partial charge is 0.138 e. The van der Waals surface area contributed by atoms with Crippen molar-refractivity contribution in [1.29, 1.82) is 0 Å². The van der Waals surface area contributed by atoms with Gasteiger partial charge in [0.1, 0.15) is 11.9 Å². The fraction of sp³-hybridized carbons (Fsp3) is 0.727. The average molecular weight is 244 g/mol. The molecule has 0 amide bonds. The monoisotopic (exact) mass is 243 g/mol. The number of aryl methyl sites for hydroxylation is 1. The molecular weight excluding hydrogens is 226 g/mol. The summed E-state index contributed by atoms with van der Waals surface area (Å²) in [6.45, 7) is 1.78. The highest BCUT2D eigenvalue weighted by Gasteiger charge is 2.26. The second kappa shape index (κ2) is 4.73. The summed E-state index contributed by atoms with van der Waals surface area (Å²) >= 11 is 0. The van der Waals surface area contributed by atoms with Crippen LogP contribution in [0, 0.1) is 0 Å². The van der Waals surface area contributed by atoms with E-state index in [0.29, 0.717) is 0 Å². The molecule has 3 rings (SSSR count). The van der Waals surface area contributed by atoms with Crippen LogP contribution in [-0.2, 0) is 17.7 Å². The zero-order valence-corrected chi connectivity index (χ0v) is 10.1. The minimum Gasteiger partial charge on any atom is -0.370 e. The van der Waals surface area contributed by atoms with Crippen molar-refractivity contribution in [2.24, 2.45) is 5.73 Å². The van der Waals surface area contributed by atoms with E-state index in [1.165, 1.54) is 5.69 Å². The van der Waals surface area contributed by atoms with E-state index in [1.54, 1.807) is 0 Å². The summed E-state index contributed by atoms with van der Waals surface area (Å²) in [7, 11) is 0. The Labute approximate surface area is 102 Å². The molecule has 0 bridgehead atoms. The first-order valence-corrected chi connectivity index (χ1v) is 5.76. The van der Waals surface area contributed by atoms with E-state index < -0.39 is 0 Å². The predicted octanol–water partition coefficient (Wildman–Crippen LogP) is 1.43. The molecule has 1 aromatic rings. The van der Waals surface area contributed by atoms with E-state index in [1.807, 2.05) is 6.20 Å². The van der Waals surface area contributed by atoms with E-state index in [9.17, 15) is 0 Å². The van der Waals surface area contributed by atoms with Crippen molar-refractivity contribution in [3.05, 3.63) is 17.7 Å². The van der Waals surface area contributed by atoms with Gasteiger partial charge in [-0.25, -0.2) is 4.98 Å². The Balaban J connectivity index is 0.000000963. The van der Waals surface area contributed by atoms with Crippen LogP contribution in [0.25, 0.3) is 0 Å². The second-order valence-corrected chi connectivity index (χ2v) is 4.52. The molecule has 0 aromatic carbocycles. The number of nitrogens with two attached hydrogens (primary N) is 1. The van der Waals surface area contributed by atoms with Crippen molar-refractivity contribution in [2.75, 3.05) is 6.61 Å². The van der Waals surface area contributed by atoms with Gasteiger partial charge in [0.2, 0.25) is 0 Å². The zero-order valence-electron chi connectivity index (χ0n) is 9.26. The Morgan fingerprint density at radius 3 is 3.06 bits per heavy atom. The van der Waals surface area contributed by atoms with Crippen molar-refractivity contribution in [3.63, 3.8) is 0 Å². The number of hydrogen-bond donors (Lipinski definition) is 1. The molecular formula is C11H18ClN3O. The summed E-state index contributed by atoms with van der Waals surface area (Å²) in [5.41, 5.74) is 7.31. The van der Waals surface area contributed by atoms with Crippen molar-refractivity contribution >= 4 is 12.4 Å². The van der Waals surface area contributed by atoms with Gasteiger partial charge < -0.3 is 15.0 Å². The highest BCUT2D eigenvalue weighted by atomic mass is 35.5. The average Bonchev–Trinajstić information content (AvgIpc) is 2.83. The SMILES string of the molecule is Cl.NC1CCc2cnc(C3CCCO3)n2C1. The number of aromatic nitrogens is 2. The maximum atomic E-state index is 5.99. The Hall–Kier alpha value is -0.580. The first-order valence-electron chi connectivity index (χ1n) is 5.76. The Kier molecular flexibility index (Phi) is 3.52.